The largest absolute Gasteiger partial charge is 0.494 e. The Morgan fingerprint density at radius 2 is 0.581 bits per heavy atom. The van der Waals surface area contributed by atoms with Gasteiger partial charge in [-0.25, -0.2) is 17.6 Å². The summed E-state index contributed by atoms with van der Waals surface area (Å²) >= 11 is 0. The maximum Gasteiger partial charge on any atom is 0.204 e. The molecule has 6 aromatic carbocycles. The summed E-state index contributed by atoms with van der Waals surface area (Å²) in [4.78, 5) is 0. The Balaban J connectivity index is 0.960. The maximum atomic E-state index is 15.2. The van der Waals surface area contributed by atoms with Crippen molar-refractivity contribution in [2.24, 2.45) is 0 Å². The van der Waals surface area contributed by atoms with Crippen LogP contribution in [-0.2, 0) is 0 Å². The highest BCUT2D eigenvalue weighted by Crippen LogP contribution is 2.42. The average Bonchev–Trinajstić information content (AvgIpc) is 3.30. The van der Waals surface area contributed by atoms with Crippen molar-refractivity contribution >= 4 is 0 Å². The van der Waals surface area contributed by atoms with Crippen molar-refractivity contribution in [3.8, 4) is 68.5 Å². The summed E-state index contributed by atoms with van der Waals surface area (Å²) in [5, 5.41) is 17.9. The number of nitriles is 2. The molecule has 14 heteroatoms. The van der Waals surface area contributed by atoms with Crippen molar-refractivity contribution in [2.75, 3.05) is 26.4 Å². The van der Waals surface area contributed by atoms with Crippen LogP contribution >= 0.6 is 0 Å². The SMILES string of the molecule is N#Cc1ccc(-c2ccc(OCCCCCOc3c(F)c(F)c(-c4c(F)c(F)c(OCCCCCOc5ccc(-c6ccc(C#N)cc6)cc5)c(F)c4F)c(F)c3F)cc2)cc1. The van der Waals surface area contributed by atoms with Crippen LogP contribution in [0.15, 0.2) is 97.1 Å². The van der Waals surface area contributed by atoms with Gasteiger partial charge in [-0.1, -0.05) is 48.5 Å². The van der Waals surface area contributed by atoms with Crippen LogP contribution in [-0.4, -0.2) is 26.4 Å². The lowest BCUT2D eigenvalue weighted by atomic mass is 10.0. The number of rotatable bonds is 19. The minimum atomic E-state index is -2.33. The second-order valence-corrected chi connectivity index (χ2v) is 13.9. The molecular formula is C48H36F8N2O4. The van der Waals surface area contributed by atoms with Crippen molar-refractivity contribution in [1.82, 2.24) is 0 Å². The summed E-state index contributed by atoms with van der Waals surface area (Å²) in [6.45, 7) is -0.291. The van der Waals surface area contributed by atoms with Gasteiger partial charge in [0, 0.05) is 0 Å². The zero-order valence-electron chi connectivity index (χ0n) is 32.9. The number of halogens is 8. The lowest BCUT2D eigenvalue weighted by molar-refractivity contribution is 0.253. The van der Waals surface area contributed by atoms with Gasteiger partial charge in [-0.2, -0.15) is 28.1 Å². The molecule has 6 nitrogen and oxygen atoms in total. The van der Waals surface area contributed by atoms with E-state index in [1.165, 1.54) is 0 Å². The molecule has 0 bridgehead atoms. The molecule has 62 heavy (non-hydrogen) atoms. The molecule has 0 aromatic heterocycles. The van der Waals surface area contributed by atoms with Crippen LogP contribution in [0.5, 0.6) is 23.0 Å². The van der Waals surface area contributed by atoms with Gasteiger partial charge < -0.3 is 18.9 Å². The van der Waals surface area contributed by atoms with Crippen molar-refractivity contribution in [1.29, 1.82) is 10.5 Å². The predicted octanol–water partition coefficient (Wildman–Crippen LogP) is 12.8. The molecular weight excluding hydrogens is 821 g/mol. The first-order chi connectivity index (χ1) is 30.0. The number of hydrogen-bond donors (Lipinski definition) is 0. The van der Waals surface area contributed by atoms with Crippen molar-refractivity contribution in [3.05, 3.63) is 155 Å². The first kappa shape index (κ1) is 44.5. The number of ether oxygens (including phenoxy) is 4. The molecule has 0 atom stereocenters. The molecule has 0 saturated heterocycles. The van der Waals surface area contributed by atoms with E-state index in [-0.39, 0.29) is 26.1 Å². The molecule has 0 heterocycles. The number of nitrogens with zero attached hydrogens (tertiary/aromatic N) is 2. The van der Waals surface area contributed by atoms with Gasteiger partial charge in [-0.3, -0.25) is 0 Å². The van der Waals surface area contributed by atoms with E-state index < -0.39 is 82.4 Å². The van der Waals surface area contributed by atoms with Crippen molar-refractivity contribution < 1.29 is 54.1 Å². The Bertz CT molecular complexity index is 2340. The van der Waals surface area contributed by atoms with E-state index in [2.05, 4.69) is 12.1 Å². The lowest BCUT2D eigenvalue weighted by Crippen LogP contribution is -2.12. The zero-order valence-corrected chi connectivity index (χ0v) is 32.9. The molecule has 0 spiro atoms. The zero-order chi connectivity index (χ0) is 44.2. The van der Waals surface area contributed by atoms with Gasteiger partial charge in [0.15, 0.2) is 34.8 Å². The van der Waals surface area contributed by atoms with E-state index in [1.807, 2.05) is 48.5 Å². The Labute approximate surface area is 352 Å². The summed E-state index contributed by atoms with van der Waals surface area (Å²) in [7, 11) is 0. The molecule has 0 aliphatic heterocycles. The van der Waals surface area contributed by atoms with Gasteiger partial charge in [0.1, 0.15) is 11.5 Å². The highest BCUT2D eigenvalue weighted by atomic mass is 19.2. The summed E-state index contributed by atoms with van der Waals surface area (Å²) in [5.74, 6) is -19.8. The quantitative estimate of drug-likeness (QED) is 0.0458. The lowest BCUT2D eigenvalue weighted by Gasteiger charge is -2.16. The molecule has 0 fully saturated rings. The molecule has 6 aromatic rings. The van der Waals surface area contributed by atoms with Gasteiger partial charge >= 0.3 is 0 Å². The summed E-state index contributed by atoms with van der Waals surface area (Å²) in [6, 6.07) is 32.7. The first-order valence-electron chi connectivity index (χ1n) is 19.5. The number of unbranched alkanes of at least 4 members (excludes halogenated alkanes) is 4. The third-order valence-corrected chi connectivity index (χ3v) is 9.71. The van der Waals surface area contributed by atoms with Gasteiger partial charge in [-0.15, -0.1) is 0 Å². The fourth-order valence-electron chi connectivity index (χ4n) is 6.37. The van der Waals surface area contributed by atoms with E-state index >= 15 is 17.6 Å². The van der Waals surface area contributed by atoms with Crippen LogP contribution in [0.1, 0.15) is 49.7 Å². The smallest absolute Gasteiger partial charge is 0.204 e. The van der Waals surface area contributed by atoms with E-state index in [4.69, 9.17) is 29.5 Å². The molecule has 0 saturated carbocycles. The standard InChI is InChI=1S/C48H36F8N2O4/c49-39-37(40(50)44(54)47(43(39)53)61-25-5-1-3-23-59-35-19-15-33(16-20-35)31-11-7-29(27-57)8-12-31)38-41(51)45(55)48(46(56)42(38)52)62-26-6-2-4-24-60-36-21-17-34(18-22-36)32-13-9-30(28-58)10-14-32/h7-22H,1-6,23-26H2. The number of hydrogen-bond acceptors (Lipinski definition) is 6. The van der Waals surface area contributed by atoms with Gasteiger partial charge in [0.25, 0.3) is 0 Å². The van der Waals surface area contributed by atoms with Crippen LogP contribution in [0.4, 0.5) is 35.1 Å². The minimum Gasteiger partial charge on any atom is -0.494 e. The topological polar surface area (TPSA) is 84.5 Å². The monoisotopic (exact) mass is 856 g/mol. The molecule has 0 N–H and O–H groups in total. The van der Waals surface area contributed by atoms with Crippen LogP contribution < -0.4 is 18.9 Å². The molecule has 318 valence electrons. The fraction of sp³-hybridized carbons (Fsp3) is 0.208. The van der Waals surface area contributed by atoms with Crippen molar-refractivity contribution in [2.45, 2.75) is 38.5 Å². The Kier molecular flexibility index (Phi) is 15.0. The second-order valence-electron chi connectivity index (χ2n) is 13.9. The summed E-state index contributed by atoms with van der Waals surface area (Å²) in [6.07, 6.45) is 2.08. The van der Waals surface area contributed by atoms with Crippen LogP contribution in [0.3, 0.4) is 0 Å². The van der Waals surface area contributed by atoms with E-state index in [0.717, 1.165) is 22.3 Å². The fourth-order valence-corrected chi connectivity index (χ4v) is 6.37. The van der Waals surface area contributed by atoms with Gasteiger partial charge in [-0.05, 0) is 109 Å². The van der Waals surface area contributed by atoms with Crippen LogP contribution in [0.25, 0.3) is 33.4 Å². The van der Waals surface area contributed by atoms with Crippen LogP contribution in [0, 0.1) is 69.2 Å². The Morgan fingerprint density at radius 3 is 0.855 bits per heavy atom. The second kappa shape index (κ2) is 21.0. The third kappa shape index (κ3) is 10.4. The molecule has 6 rings (SSSR count). The van der Waals surface area contributed by atoms with Gasteiger partial charge in [0.2, 0.25) is 23.3 Å². The average molecular weight is 857 g/mol. The van der Waals surface area contributed by atoms with Crippen molar-refractivity contribution in [3.63, 3.8) is 0 Å². The third-order valence-electron chi connectivity index (χ3n) is 9.71. The highest BCUT2D eigenvalue weighted by Gasteiger charge is 2.35. The Morgan fingerprint density at radius 1 is 0.323 bits per heavy atom. The summed E-state index contributed by atoms with van der Waals surface area (Å²) in [5.41, 5.74) is 0.759. The summed E-state index contributed by atoms with van der Waals surface area (Å²) < 4.78 is 142. The van der Waals surface area contributed by atoms with Crippen LogP contribution in [0.2, 0.25) is 0 Å². The Hall–Kier alpha value is -7.06. The minimum absolute atomic E-state index is 0.164. The molecule has 0 unspecified atom stereocenters. The highest BCUT2D eigenvalue weighted by molar-refractivity contribution is 5.70. The molecule has 0 amide bonds. The predicted molar refractivity (Wildman–Crippen MR) is 214 cm³/mol. The maximum absolute atomic E-state index is 15.2. The number of benzene rings is 6. The first-order valence-corrected chi connectivity index (χ1v) is 19.5. The normalized spacial score (nSPS) is 10.9. The molecule has 0 aliphatic rings. The van der Waals surface area contributed by atoms with E-state index in [0.29, 0.717) is 48.3 Å². The molecule has 0 aliphatic carbocycles. The van der Waals surface area contributed by atoms with E-state index in [9.17, 15) is 17.6 Å². The molecule has 0 radical (unpaired) electrons. The van der Waals surface area contributed by atoms with E-state index in [1.54, 1.807) is 48.5 Å². The van der Waals surface area contributed by atoms with Gasteiger partial charge in [0.05, 0.1) is 60.8 Å².